The number of nitrogens with one attached hydrogen (secondary N) is 1. The Morgan fingerprint density at radius 3 is 1.57 bits per heavy atom. The van der Waals surface area contributed by atoms with Crippen molar-refractivity contribution in [3.63, 3.8) is 0 Å². The van der Waals surface area contributed by atoms with E-state index in [0.29, 0.717) is 0 Å². The highest BCUT2D eigenvalue weighted by atomic mass is 15.1. The zero-order valence-corrected chi connectivity index (χ0v) is 11.3. The molecule has 21 heavy (non-hydrogen) atoms. The van der Waals surface area contributed by atoms with Crippen LogP contribution in [0, 0.1) is 0 Å². The Labute approximate surface area is 122 Å². The Morgan fingerprint density at radius 1 is 0.571 bits per heavy atom. The number of rotatable bonds is 2. The zero-order chi connectivity index (χ0) is 14.1. The van der Waals surface area contributed by atoms with Crippen molar-refractivity contribution >= 4 is 33.2 Å². The van der Waals surface area contributed by atoms with E-state index in [-0.39, 0.29) is 0 Å². The van der Waals surface area contributed by atoms with Crippen LogP contribution in [0.2, 0.25) is 0 Å². The van der Waals surface area contributed by atoms with Gasteiger partial charge >= 0.3 is 0 Å². The lowest BCUT2D eigenvalue weighted by molar-refractivity contribution is 1.29. The average Bonchev–Trinajstić information content (AvgIpc) is 2.56. The van der Waals surface area contributed by atoms with Gasteiger partial charge in [-0.2, -0.15) is 0 Å². The fourth-order valence-electron chi connectivity index (χ4n) is 2.55. The second-order valence-electron chi connectivity index (χ2n) is 4.89. The zero-order valence-electron chi connectivity index (χ0n) is 11.3. The summed E-state index contributed by atoms with van der Waals surface area (Å²) < 4.78 is 0. The van der Waals surface area contributed by atoms with Gasteiger partial charge in [0, 0.05) is 23.2 Å². The first-order valence-electron chi connectivity index (χ1n) is 6.86. The molecule has 0 radical (unpaired) electrons. The second kappa shape index (κ2) is 4.87. The quantitative estimate of drug-likeness (QED) is 0.582. The van der Waals surface area contributed by atoms with Crippen molar-refractivity contribution in [2.75, 3.05) is 5.32 Å². The standard InChI is InChI=1S/C18H13N3/c1-3-7-15-13(5-1)9-11-19-17(15)21-18-16-8-4-2-6-14(16)10-12-20-18/h1-12H,(H,19,20,21). The molecule has 0 aliphatic carbocycles. The van der Waals surface area contributed by atoms with Gasteiger partial charge in [0.15, 0.2) is 0 Å². The number of fused-ring (bicyclic) bond motifs is 2. The van der Waals surface area contributed by atoms with E-state index < -0.39 is 0 Å². The first-order valence-corrected chi connectivity index (χ1v) is 6.86. The number of hydrogen-bond acceptors (Lipinski definition) is 3. The first-order chi connectivity index (χ1) is 10.4. The molecule has 0 bridgehead atoms. The minimum absolute atomic E-state index is 0.831. The van der Waals surface area contributed by atoms with E-state index in [9.17, 15) is 0 Å². The lowest BCUT2D eigenvalue weighted by Crippen LogP contribution is -1.97. The molecule has 1 N–H and O–H groups in total. The van der Waals surface area contributed by atoms with E-state index in [1.165, 1.54) is 0 Å². The molecule has 4 aromatic rings. The van der Waals surface area contributed by atoms with Crippen LogP contribution >= 0.6 is 0 Å². The monoisotopic (exact) mass is 271 g/mol. The Balaban J connectivity index is 1.87. The topological polar surface area (TPSA) is 37.8 Å². The predicted molar refractivity (Wildman–Crippen MR) is 86.8 cm³/mol. The van der Waals surface area contributed by atoms with E-state index >= 15 is 0 Å². The SMILES string of the molecule is c1ccc2c(Nc3nccc4ccccc34)nccc2c1. The van der Waals surface area contributed by atoms with Gasteiger partial charge in [0.2, 0.25) is 0 Å². The molecule has 0 saturated carbocycles. The molecule has 0 aliphatic rings. The molecule has 0 spiro atoms. The Morgan fingerprint density at radius 2 is 1.05 bits per heavy atom. The predicted octanol–water partition coefficient (Wildman–Crippen LogP) is 4.53. The number of aromatic nitrogens is 2. The van der Waals surface area contributed by atoms with Crippen LogP contribution < -0.4 is 5.32 Å². The minimum Gasteiger partial charge on any atom is -0.324 e. The van der Waals surface area contributed by atoms with Gasteiger partial charge in [-0.3, -0.25) is 0 Å². The van der Waals surface area contributed by atoms with Crippen LogP contribution in [0.4, 0.5) is 11.6 Å². The third kappa shape index (κ3) is 2.09. The highest BCUT2D eigenvalue weighted by Gasteiger charge is 2.06. The van der Waals surface area contributed by atoms with Crippen LogP contribution in [0.15, 0.2) is 73.1 Å². The lowest BCUT2D eigenvalue weighted by atomic mass is 10.1. The van der Waals surface area contributed by atoms with Crippen LogP contribution in [0.25, 0.3) is 21.5 Å². The van der Waals surface area contributed by atoms with Gasteiger partial charge in [0.1, 0.15) is 11.6 Å². The summed E-state index contributed by atoms with van der Waals surface area (Å²) in [4.78, 5) is 8.92. The summed E-state index contributed by atoms with van der Waals surface area (Å²) in [6.07, 6.45) is 3.63. The first kappa shape index (κ1) is 11.9. The summed E-state index contributed by atoms with van der Waals surface area (Å²) in [6.45, 7) is 0. The van der Waals surface area contributed by atoms with Crippen molar-refractivity contribution in [1.29, 1.82) is 0 Å². The normalized spacial score (nSPS) is 10.9. The molecule has 0 saturated heterocycles. The van der Waals surface area contributed by atoms with Crippen molar-refractivity contribution in [1.82, 2.24) is 9.97 Å². The summed E-state index contributed by atoms with van der Waals surface area (Å²) in [5.74, 6) is 1.66. The third-order valence-corrected chi connectivity index (χ3v) is 3.58. The third-order valence-electron chi connectivity index (χ3n) is 3.58. The van der Waals surface area contributed by atoms with Crippen LogP contribution in [0.5, 0.6) is 0 Å². The molecule has 0 atom stereocenters. The van der Waals surface area contributed by atoms with E-state index in [1.54, 1.807) is 0 Å². The molecule has 2 aromatic heterocycles. The van der Waals surface area contributed by atoms with Crippen LogP contribution in [-0.2, 0) is 0 Å². The smallest absolute Gasteiger partial charge is 0.139 e. The maximum absolute atomic E-state index is 4.46. The van der Waals surface area contributed by atoms with Crippen LogP contribution in [-0.4, -0.2) is 9.97 Å². The average molecular weight is 271 g/mol. The van der Waals surface area contributed by atoms with Gasteiger partial charge in [-0.25, -0.2) is 9.97 Å². The second-order valence-corrected chi connectivity index (χ2v) is 4.89. The molecule has 0 aliphatic heterocycles. The highest BCUT2D eigenvalue weighted by Crippen LogP contribution is 2.27. The Hall–Kier alpha value is -2.94. The van der Waals surface area contributed by atoms with E-state index in [1.807, 2.05) is 48.8 Å². The molecular formula is C18H13N3. The highest BCUT2D eigenvalue weighted by molar-refractivity contribution is 5.97. The molecule has 100 valence electrons. The number of pyridine rings is 2. The van der Waals surface area contributed by atoms with Gasteiger partial charge in [-0.15, -0.1) is 0 Å². The maximum atomic E-state index is 4.46. The van der Waals surface area contributed by atoms with Crippen molar-refractivity contribution in [2.45, 2.75) is 0 Å². The fraction of sp³-hybridized carbons (Fsp3) is 0. The van der Waals surface area contributed by atoms with Gasteiger partial charge in [0.25, 0.3) is 0 Å². The van der Waals surface area contributed by atoms with Crippen LogP contribution in [0.1, 0.15) is 0 Å². The number of anilines is 2. The number of benzene rings is 2. The Bertz CT molecular complexity index is 844. The number of nitrogens with zero attached hydrogens (tertiary/aromatic N) is 2. The van der Waals surface area contributed by atoms with Crippen molar-refractivity contribution < 1.29 is 0 Å². The molecule has 3 nitrogen and oxygen atoms in total. The summed E-state index contributed by atoms with van der Waals surface area (Å²) in [6, 6.07) is 20.4. The largest absolute Gasteiger partial charge is 0.324 e. The van der Waals surface area contributed by atoms with Gasteiger partial charge in [-0.05, 0) is 22.9 Å². The van der Waals surface area contributed by atoms with Crippen molar-refractivity contribution in [3.05, 3.63) is 73.1 Å². The molecule has 0 amide bonds. The molecule has 3 heteroatoms. The maximum Gasteiger partial charge on any atom is 0.139 e. The molecule has 4 rings (SSSR count). The van der Waals surface area contributed by atoms with E-state index in [2.05, 4.69) is 39.6 Å². The van der Waals surface area contributed by atoms with Gasteiger partial charge in [0.05, 0.1) is 0 Å². The van der Waals surface area contributed by atoms with Gasteiger partial charge < -0.3 is 5.32 Å². The summed E-state index contributed by atoms with van der Waals surface area (Å²) in [7, 11) is 0. The van der Waals surface area contributed by atoms with E-state index in [4.69, 9.17) is 0 Å². The van der Waals surface area contributed by atoms with Crippen LogP contribution in [0.3, 0.4) is 0 Å². The summed E-state index contributed by atoms with van der Waals surface area (Å²) >= 11 is 0. The minimum atomic E-state index is 0.831. The number of hydrogen-bond donors (Lipinski definition) is 1. The fourth-order valence-corrected chi connectivity index (χ4v) is 2.55. The Kier molecular flexibility index (Phi) is 2.75. The molecule has 2 aromatic carbocycles. The van der Waals surface area contributed by atoms with Crippen molar-refractivity contribution in [2.24, 2.45) is 0 Å². The van der Waals surface area contributed by atoms with Gasteiger partial charge in [-0.1, -0.05) is 48.5 Å². The van der Waals surface area contributed by atoms with E-state index in [0.717, 1.165) is 33.2 Å². The molecule has 2 heterocycles. The molecular weight excluding hydrogens is 258 g/mol. The molecule has 0 unspecified atom stereocenters. The molecule has 0 fully saturated rings. The van der Waals surface area contributed by atoms with Crippen molar-refractivity contribution in [3.8, 4) is 0 Å². The summed E-state index contributed by atoms with van der Waals surface area (Å²) in [5, 5.41) is 7.88. The lowest BCUT2D eigenvalue weighted by Gasteiger charge is -2.10. The summed E-state index contributed by atoms with van der Waals surface area (Å²) in [5.41, 5.74) is 0.